The maximum absolute atomic E-state index is 11.8. The Balaban J connectivity index is 2.21. The van der Waals surface area contributed by atoms with Crippen molar-refractivity contribution in [3.05, 3.63) is 29.8 Å². The second-order valence-electron chi connectivity index (χ2n) is 4.71. The van der Waals surface area contributed by atoms with E-state index in [1.165, 1.54) is 7.05 Å². The van der Waals surface area contributed by atoms with E-state index in [1.54, 1.807) is 36.2 Å². The van der Waals surface area contributed by atoms with Crippen molar-refractivity contribution in [1.82, 2.24) is 10.2 Å². The number of ketones is 1. The first-order valence-corrected chi connectivity index (χ1v) is 6.35. The molecule has 6 nitrogen and oxygen atoms in total. The van der Waals surface area contributed by atoms with E-state index < -0.39 is 0 Å². The first-order valence-electron chi connectivity index (χ1n) is 6.35. The van der Waals surface area contributed by atoms with E-state index >= 15 is 0 Å². The fourth-order valence-corrected chi connectivity index (χ4v) is 2.05. The Kier molecular flexibility index (Phi) is 4.14. The lowest BCUT2D eigenvalue weighted by atomic mass is 10.1. The van der Waals surface area contributed by atoms with Crippen molar-refractivity contribution in [2.75, 3.05) is 38.6 Å². The van der Waals surface area contributed by atoms with Crippen LogP contribution in [0.15, 0.2) is 24.3 Å². The van der Waals surface area contributed by atoms with Gasteiger partial charge in [0.1, 0.15) is 0 Å². The molecule has 20 heavy (non-hydrogen) atoms. The number of rotatable bonds is 4. The summed E-state index contributed by atoms with van der Waals surface area (Å²) in [4.78, 5) is 38.0. The molecule has 1 saturated heterocycles. The molecule has 106 valence electrons. The molecule has 1 aliphatic heterocycles. The lowest BCUT2D eigenvalue weighted by Crippen LogP contribution is -2.52. The van der Waals surface area contributed by atoms with Crippen LogP contribution in [0.4, 0.5) is 5.69 Å². The summed E-state index contributed by atoms with van der Waals surface area (Å²) in [5.41, 5.74) is 1.28. The van der Waals surface area contributed by atoms with Crippen LogP contribution in [0.1, 0.15) is 10.4 Å². The third kappa shape index (κ3) is 2.85. The number of hydrogen-bond acceptors (Lipinski definition) is 5. The Hall–Kier alpha value is -2.21. The van der Waals surface area contributed by atoms with Gasteiger partial charge in [0.05, 0.1) is 19.6 Å². The number of hydrogen-bond donors (Lipinski definition) is 1. The lowest BCUT2D eigenvalue weighted by molar-refractivity contribution is -0.143. The molecule has 6 heteroatoms. The van der Waals surface area contributed by atoms with Gasteiger partial charge in [0.15, 0.2) is 5.78 Å². The number of anilines is 1. The van der Waals surface area contributed by atoms with Crippen LogP contribution < -0.4 is 10.2 Å². The predicted molar refractivity (Wildman–Crippen MR) is 74.7 cm³/mol. The fourth-order valence-electron chi connectivity index (χ4n) is 2.05. The summed E-state index contributed by atoms with van der Waals surface area (Å²) < 4.78 is 0. The van der Waals surface area contributed by atoms with Crippen molar-refractivity contribution >= 4 is 23.3 Å². The molecule has 0 bridgehead atoms. The number of amides is 2. The zero-order chi connectivity index (χ0) is 14.7. The molecule has 2 rings (SSSR count). The van der Waals surface area contributed by atoms with Gasteiger partial charge in [0.25, 0.3) is 0 Å². The Morgan fingerprint density at radius 2 is 1.90 bits per heavy atom. The molecule has 0 saturated carbocycles. The number of piperazine rings is 1. The predicted octanol–water partition coefficient (Wildman–Crippen LogP) is -0.106. The van der Waals surface area contributed by atoms with Crippen LogP contribution in [0.3, 0.4) is 0 Å². The Morgan fingerprint density at radius 1 is 1.25 bits per heavy atom. The number of carbonyl (C=O) groups is 3. The van der Waals surface area contributed by atoms with Crippen LogP contribution in [0.5, 0.6) is 0 Å². The van der Waals surface area contributed by atoms with Crippen LogP contribution in [0.25, 0.3) is 0 Å². The molecular weight excluding hydrogens is 258 g/mol. The van der Waals surface area contributed by atoms with Crippen LogP contribution in [0.2, 0.25) is 0 Å². The Morgan fingerprint density at radius 3 is 2.50 bits per heavy atom. The molecule has 1 heterocycles. The first-order chi connectivity index (χ1) is 9.52. The van der Waals surface area contributed by atoms with Crippen molar-refractivity contribution in [3.63, 3.8) is 0 Å². The standard InChI is InChI=1S/C14H17N3O3/c1-15-7-12(18)10-4-3-5-11(6-10)17-8-13(19)16(2)14(20)9-17/h3-6,15H,7-9H2,1-2H3. The molecule has 1 aromatic rings. The number of Topliss-reactive ketones (excluding diaryl/α,β-unsaturated/α-hetero) is 1. The number of imide groups is 1. The highest BCUT2D eigenvalue weighted by Crippen LogP contribution is 2.19. The molecule has 0 spiro atoms. The summed E-state index contributed by atoms with van der Waals surface area (Å²) in [5.74, 6) is -0.512. The summed E-state index contributed by atoms with van der Waals surface area (Å²) in [6.07, 6.45) is 0. The molecular formula is C14H17N3O3. The quantitative estimate of drug-likeness (QED) is 0.613. The highest BCUT2D eigenvalue weighted by Gasteiger charge is 2.28. The molecule has 0 radical (unpaired) electrons. The average molecular weight is 275 g/mol. The molecule has 0 aromatic heterocycles. The number of nitrogens with one attached hydrogen (secondary N) is 1. The number of carbonyl (C=O) groups excluding carboxylic acids is 3. The second kappa shape index (κ2) is 5.83. The van der Waals surface area contributed by atoms with Crippen molar-refractivity contribution in [3.8, 4) is 0 Å². The number of nitrogens with zero attached hydrogens (tertiary/aromatic N) is 2. The van der Waals surface area contributed by atoms with Gasteiger partial charge in [0.2, 0.25) is 11.8 Å². The number of benzene rings is 1. The summed E-state index contributed by atoms with van der Waals surface area (Å²) in [5, 5.41) is 2.81. The van der Waals surface area contributed by atoms with E-state index in [-0.39, 0.29) is 37.2 Å². The molecule has 0 aliphatic carbocycles. The second-order valence-corrected chi connectivity index (χ2v) is 4.71. The molecule has 0 atom stereocenters. The molecule has 1 aliphatic rings. The topological polar surface area (TPSA) is 69.7 Å². The van der Waals surface area contributed by atoms with Gasteiger partial charge in [-0.05, 0) is 19.2 Å². The highest BCUT2D eigenvalue weighted by atomic mass is 16.2. The minimum atomic E-state index is -0.242. The van der Waals surface area contributed by atoms with Crippen LogP contribution in [-0.2, 0) is 9.59 Å². The van der Waals surface area contributed by atoms with Gasteiger partial charge in [0, 0.05) is 18.3 Å². The largest absolute Gasteiger partial charge is 0.353 e. The van der Waals surface area contributed by atoms with E-state index in [2.05, 4.69) is 5.32 Å². The minimum absolute atomic E-state index is 0.0267. The van der Waals surface area contributed by atoms with Gasteiger partial charge in [-0.15, -0.1) is 0 Å². The summed E-state index contributed by atoms with van der Waals surface area (Å²) >= 11 is 0. The molecule has 0 unspecified atom stereocenters. The Labute approximate surface area is 117 Å². The van der Waals surface area contributed by atoms with E-state index in [1.807, 2.05) is 0 Å². The summed E-state index contributed by atoms with van der Waals surface area (Å²) in [6, 6.07) is 6.99. The normalized spacial score (nSPS) is 15.7. The lowest BCUT2D eigenvalue weighted by Gasteiger charge is -2.32. The molecule has 1 aromatic carbocycles. The van der Waals surface area contributed by atoms with Crippen molar-refractivity contribution < 1.29 is 14.4 Å². The molecule has 1 N–H and O–H groups in total. The SMILES string of the molecule is CNCC(=O)c1cccc(N2CC(=O)N(C)C(=O)C2)c1. The van der Waals surface area contributed by atoms with Crippen LogP contribution in [-0.4, -0.2) is 56.2 Å². The van der Waals surface area contributed by atoms with Gasteiger partial charge in [-0.3, -0.25) is 19.3 Å². The van der Waals surface area contributed by atoms with Crippen molar-refractivity contribution in [2.24, 2.45) is 0 Å². The average Bonchev–Trinajstić information content (AvgIpc) is 2.44. The van der Waals surface area contributed by atoms with Crippen molar-refractivity contribution in [1.29, 1.82) is 0 Å². The first kappa shape index (κ1) is 14.2. The zero-order valence-corrected chi connectivity index (χ0v) is 11.5. The van der Waals surface area contributed by atoms with Crippen LogP contribution >= 0.6 is 0 Å². The zero-order valence-electron chi connectivity index (χ0n) is 11.5. The van der Waals surface area contributed by atoms with Gasteiger partial charge in [-0.1, -0.05) is 12.1 Å². The molecule has 1 fully saturated rings. The van der Waals surface area contributed by atoms with Gasteiger partial charge >= 0.3 is 0 Å². The maximum atomic E-state index is 11.8. The third-order valence-electron chi connectivity index (χ3n) is 3.27. The smallest absolute Gasteiger partial charge is 0.248 e. The minimum Gasteiger partial charge on any atom is -0.353 e. The van der Waals surface area contributed by atoms with E-state index in [0.29, 0.717) is 11.3 Å². The van der Waals surface area contributed by atoms with Gasteiger partial charge in [-0.25, -0.2) is 0 Å². The fraction of sp³-hybridized carbons (Fsp3) is 0.357. The van der Waals surface area contributed by atoms with Gasteiger partial charge in [-0.2, -0.15) is 0 Å². The van der Waals surface area contributed by atoms with Crippen molar-refractivity contribution in [2.45, 2.75) is 0 Å². The maximum Gasteiger partial charge on any atom is 0.248 e. The Bertz CT molecular complexity index is 538. The van der Waals surface area contributed by atoms with E-state index in [0.717, 1.165) is 4.90 Å². The highest BCUT2D eigenvalue weighted by molar-refractivity contribution is 6.03. The summed E-state index contributed by atoms with van der Waals surface area (Å²) in [7, 11) is 3.19. The van der Waals surface area contributed by atoms with Crippen LogP contribution in [0, 0.1) is 0 Å². The van der Waals surface area contributed by atoms with Gasteiger partial charge < -0.3 is 10.2 Å². The number of likely N-dealkylation sites (N-methyl/N-ethyl adjacent to an activating group) is 2. The third-order valence-corrected chi connectivity index (χ3v) is 3.27. The monoisotopic (exact) mass is 275 g/mol. The van der Waals surface area contributed by atoms with E-state index in [4.69, 9.17) is 0 Å². The summed E-state index contributed by atoms with van der Waals surface area (Å²) in [6.45, 7) is 0.544. The molecule has 2 amide bonds. The van der Waals surface area contributed by atoms with E-state index in [9.17, 15) is 14.4 Å².